The van der Waals surface area contributed by atoms with Gasteiger partial charge in [-0.05, 0) is 42.7 Å². The van der Waals surface area contributed by atoms with E-state index >= 15 is 0 Å². The Balaban J connectivity index is 2.08. The zero-order chi connectivity index (χ0) is 12.3. The smallest absolute Gasteiger partial charge is 0.152 e. The van der Waals surface area contributed by atoms with Gasteiger partial charge in [-0.15, -0.1) is 0 Å². The van der Waals surface area contributed by atoms with Crippen molar-refractivity contribution in [1.29, 1.82) is 0 Å². The molecule has 2 nitrogen and oxygen atoms in total. The number of nitrogens with one attached hydrogen (secondary N) is 1. The highest BCUT2D eigenvalue weighted by Gasteiger charge is 2.00. The molecule has 88 valence electrons. The van der Waals surface area contributed by atoms with Crippen LogP contribution in [0.4, 0.5) is 5.69 Å². The molecule has 2 rings (SSSR count). The van der Waals surface area contributed by atoms with Gasteiger partial charge in [-0.1, -0.05) is 29.8 Å². The third-order valence-corrected chi connectivity index (χ3v) is 3.11. The van der Waals surface area contributed by atoms with E-state index in [1.165, 1.54) is 16.7 Å². The molecule has 0 amide bonds. The van der Waals surface area contributed by atoms with Crippen LogP contribution >= 0.6 is 11.6 Å². The number of aryl methyl sites for hydroxylation is 2. The molecule has 0 saturated carbocycles. The molecule has 17 heavy (non-hydrogen) atoms. The third kappa shape index (κ3) is 2.98. The van der Waals surface area contributed by atoms with Gasteiger partial charge in [0.15, 0.2) is 5.15 Å². The van der Waals surface area contributed by atoms with Crippen molar-refractivity contribution in [3.63, 3.8) is 0 Å². The molecular weight excluding hydrogens is 232 g/mol. The lowest BCUT2D eigenvalue weighted by molar-refractivity contribution is 1.12. The first-order chi connectivity index (χ1) is 8.16. The van der Waals surface area contributed by atoms with Crippen LogP contribution in [0.15, 0.2) is 36.5 Å². The Morgan fingerprint density at radius 1 is 1.18 bits per heavy atom. The summed E-state index contributed by atoms with van der Waals surface area (Å²) < 4.78 is 0. The van der Waals surface area contributed by atoms with Crippen molar-refractivity contribution < 1.29 is 0 Å². The number of aromatic nitrogens is 1. The van der Waals surface area contributed by atoms with Crippen LogP contribution < -0.4 is 5.32 Å². The molecule has 2 aromatic rings. The summed E-state index contributed by atoms with van der Waals surface area (Å²) in [4.78, 5) is 4.03. The molecule has 0 aliphatic carbocycles. The lowest BCUT2D eigenvalue weighted by Gasteiger charge is -2.09. The molecule has 0 saturated heterocycles. The van der Waals surface area contributed by atoms with Crippen molar-refractivity contribution in [3.8, 4) is 0 Å². The van der Waals surface area contributed by atoms with E-state index in [-0.39, 0.29) is 0 Å². The van der Waals surface area contributed by atoms with Gasteiger partial charge < -0.3 is 5.32 Å². The molecule has 1 aromatic heterocycles. The van der Waals surface area contributed by atoms with Crippen LogP contribution in [0.2, 0.25) is 5.15 Å². The van der Waals surface area contributed by atoms with E-state index in [0.29, 0.717) is 5.15 Å². The number of anilines is 1. The number of halogens is 1. The molecule has 0 fully saturated rings. The maximum absolute atomic E-state index is 5.97. The van der Waals surface area contributed by atoms with Crippen molar-refractivity contribution >= 4 is 17.3 Å². The summed E-state index contributed by atoms with van der Waals surface area (Å²) >= 11 is 5.97. The Kier molecular flexibility index (Phi) is 3.64. The summed E-state index contributed by atoms with van der Waals surface area (Å²) in [6.45, 7) is 4.99. The maximum atomic E-state index is 5.97. The van der Waals surface area contributed by atoms with E-state index in [1.807, 2.05) is 12.1 Å². The van der Waals surface area contributed by atoms with Crippen molar-refractivity contribution in [2.24, 2.45) is 0 Å². The molecule has 1 N–H and O–H groups in total. The van der Waals surface area contributed by atoms with E-state index in [1.54, 1.807) is 6.20 Å². The van der Waals surface area contributed by atoms with Crippen molar-refractivity contribution in [2.75, 3.05) is 5.32 Å². The summed E-state index contributed by atoms with van der Waals surface area (Å²) in [7, 11) is 0. The number of hydrogen-bond acceptors (Lipinski definition) is 2. The van der Waals surface area contributed by atoms with Gasteiger partial charge in [0.2, 0.25) is 0 Å². The summed E-state index contributed by atoms with van der Waals surface area (Å²) in [5.74, 6) is 0. The topological polar surface area (TPSA) is 24.9 Å². The zero-order valence-electron chi connectivity index (χ0n) is 10.00. The van der Waals surface area contributed by atoms with E-state index < -0.39 is 0 Å². The minimum atomic E-state index is 0.510. The minimum Gasteiger partial charge on any atom is -0.378 e. The van der Waals surface area contributed by atoms with Crippen LogP contribution in [0.3, 0.4) is 0 Å². The second-order valence-corrected chi connectivity index (χ2v) is 4.47. The van der Waals surface area contributed by atoms with Gasteiger partial charge in [-0.25, -0.2) is 4.98 Å². The fourth-order valence-electron chi connectivity index (χ4n) is 1.63. The van der Waals surface area contributed by atoms with Crippen molar-refractivity contribution in [3.05, 3.63) is 58.4 Å². The summed E-state index contributed by atoms with van der Waals surface area (Å²) in [5.41, 5.74) is 4.73. The Bertz CT molecular complexity index is 523. The number of benzene rings is 1. The average molecular weight is 247 g/mol. The van der Waals surface area contributed by atoms with Crippen LogP contribution in [-0.4, -0.2) is 4.98 Å². The van der Waals surface area contributed by atoms with E-state index in [4.69, 9.17) is 11.6 Å². The van der Waals surface area contributed by atoms with Gasteiger partial charge in [-0.2, -0.15) is 0 Å². The Morgan fingerprint density at radius 2 is 2.00 bits per heavy atom. The van der Waals surface area contributed by atoms with Crippen molar-refractivity contribution in [2.45, 2.75) is 20.4 Å². The highest BCUT2D eigenvalue weighted by molar-refractivity contribution is 6.31. The summed E-state index contributed by atoms with van der Waals surface area (Å²) in [6.07, 6.45) is 1.68. The van der Waals surface area contributed by atoms with Gasteiger partial charge in [0.1, 0.15) is 0 Å². The Hall–Kier alpha value is -1.54. The van der Waals surface area contributed by atoms with Crippen molar-refractivity contribution in [1.82, 2.24) is 4.98 Å². The predicted octanol–water partition coefficient (Wildman–Crippen LogP) is 3.96. The van der Waals surface area contributed by atoms with E-state index in [0.717, 1.165) is 12.2 Å². The van der Waals surface area contributed by atoms with Gasteiger partial charge in [-0.3, -0.25) is 0 Å². The van der Waals surface area contributed by atoms with Crippen LogP contribution in [0.1, 0.15) is 16.7 Å². The monoisotopic (exact) mass is 246 g/mol. The average Bonchev–Trinajstić information content (AvgIpc) is 2.32. The lowest BCUT2D eigenvalue weighted by Crippen LogP contribution is -2.01. The first kappa shape index (κ1) is 11.9. The number of pyridine rings is 1. The summed E-state index contributed by atoms with van der Waals surface area (Å²) in [5, 5.41) is 3.79. The molecule has 1 aromatic carbocycles. The predicted molar refractivity (Wildman–Crippen MR) is 72.5 cm³/mol. The lowest BCUT2D eigenvalue weighted by atomic mass is 10.1. The number of nitrogens with zero attached hydrogens (tertiary/aromatic N) is 1. The Labute approximate surface area is 107 Å². The Morgan fingerprint density at radius 3 is 2.71 bits per heavy atom. The normalized spacial score (nSPS) is 10.3. The zero-order valence-corrected chi connectivity index (χ0v) is 10.8. The molecular formula is C14H15ClN2. The third-order valence-electron chi connectivity index (χ3n) is 2.81. The highest BCUT2D eigenvalue weighted by Crippen LogP contribution is 2.19. The number of hydrogen-bond donors (Lipinski definition) is 1. The van der Waals surface area contributed by atoms with Gasteiger partial charge in [0.05, 0.1) is 5.69 Å². The van der Waals surface area contributed by atoms with Crippen LogP contribution in [0.5, 0.6) is 0 Å². The molecule has 0 aliphatic rings. The second-order valence-electron chi connectivity index (χ2n) is 4.11. The van der Waals surface area contributed by atoms with Crippen LogP contribution in [0.25, 0.3) is 0 Å². The van der Waals surface area contributed by atoms with Gasteiger partial charge >= 0.3 is 0 Å². The minimum absolute atomic E-state index is 0.510. The van der Waals surface area contributed by atoms with Crippen LogP contribution in [0, 0.1) is 13.8 Å². The molecule has 0 radical (unpaired) electrons. The molecule has 0 bridgehead atoms. The first-order valence-corrected chi connectivity index (χ1v) is 5.95. The molecule has 0 unspecified atom stereocenters. The van der Waals surface area contributed by atoms with E-state index in [9.17, 15) is 0 Å². The first-order valence-electron chi connectivity index (χ1n) is 5.57. The fourth-order valence-corrected chi connectivity index (χ4v) is 1.81. The number of rotatable bonds is 3. The molecule has 0 aliphatic heterocycles. The molecule has 0 atom stereocenters. The van der Waals surface area contributed by atoms with Gasteiger partial charge in [0.25, 0.3) is 0 Å². The SMILES string of the molecule is Cc1ccc(CNc2cccnc2Cl)cc1C. The van der Waals surface area contributed by atoms with E-state index in [2.05, 4.69) is 42.3 Å². The van der Waals surface area contributed by atoms with Crippen LogP contribution in [-0.2, 0) is 6.54 Å². The molecule has 1 heterocycles. The second kappa shape index (κ2) is 5.19. The molecule has 3 heteroatoms. The maximum Gasteiger partial charge on any atom is 0.152 e. The standard InChI is InChI=1S/C14H15ClN2/c1-10-5-6-12(8-11(10)2)9-17-13-4-3-7-16-14(13)15/h3-8,17H,9H2,1-2H3. The molecule has 0 spiro atoms. The largest absolute Gasteiger partial charge is 0.378 e. The van der Waals surface area contributed by atoms with Gasteiger partial charge in [0, 0.05) is 12.7 Å². The fraction of sp³-hybridized carbons (Fsp3) is 0.214. The highest BCUT2D eigenvalue weighted by atomic mass is 35.5. The summed E-state index contributed by atoms with van der Waals surface area (Å²) in [6, 6.07) is 10.2. The quantitative estimate of drug-likeness (QED) is 0.829.